The molecule has 1 aliphatic rings. The number of benzene rings is 2. The second-order valence-electron chi connectivity index (χ2n) is 5.38. The van der Waals surface area contributed by atoms with E-state index in [-0.39, 0.29) is 30.8 Å². The molecule has 0 saturated heterocycles. The van der Waals surface area contributed by atoms with Gasteiger partial charge in [0.1, 0.15) is 18.1 Å². The van der Waals surface area contributed by atoms with Crippen LogP contribution in [0.3, 0.4) is 0 Å². The van der Waals surface area contributed by atoms with Crippen LogP contribution >= 0.6 is 15.9 Å². The van der Waals surface area contributed by atoms with E-state index >= 15 is 0 Å². The van der Waals surface area contributed by atoms with Gasteiger partial charge in [-0.1, -0.05) is 17.3 Å². The van der Waals surface area contributed by atoms with Crippen molar-refractivity contribution in [2.45, 2.75) is 6.54 Å². The molecular weight excluding hydrogens is 393 g/mol. The van der Waals surface area contributed by atoms with Gasteiger partial charge in [0.15, 0.2) is 6.61 Å². The Labute approximate surface area is 150 Å². The van der Waals surface area contributed by atoms with Crippen LogP contribution in [0.2, 0.25) is 0 Å². The Balaban J connectivity index is 1.61. The van der Waals surface area contributed by atoms with Gasteiger partial charge in [-0.15, -0.1) is 0 Å². The number of rotatable bonds is 3. The summed E-state index contributed by atoms with van der Waals surface area (Å²) in [5.74, 6) is 0.667. The standard InChI is InChI=1S/C17H11BrFN3O3/c18-11-7-10(5-6-12(11)19)17-20-15(25-21-17)8-22-13-3-1-2-4-14(13)24-9-16(22)23/h1-7H,8-9H2. The predicted octanol–water partition coefficient (Wildman–Crippen LogP) is 3.56. The molecule has 1 aromatic heterocycles. The van der Waals surface area contributed by atoms with Crippen molar-refractivity contribution in [1.82, 2.24) is 10.1 Å². The van der Waals surface area contributed by atoms with Gasteiger partial charge in [-0.25, -0.2) is 4.39 Å². The summed E-state index contributed by atoms with van der Waals surface area (Å²) in [6, 6.07) is 11.7. The molecule has 25 heavy (non-hydrogen) atoms. The van der Waals surface area contributed by atoms with Crippen LogP contribution in [0.15, 0.2) is 51.5 Å². The third kappa shape index (κ3) is 3.00. The van der Waals surface area contributed by atoms with Crippen LogP contribution in [-0.2, 0) is 11.3 Å². The number of ether oxygens (including phenoxy) is 1. The van der Waals surface area contributed by atoms with E-state index in [0.29, 0.717) is 27.3 Å². The molecule has 0 aliphatic carbocycles. The second kappa shape index (κ2) is 6.29. The van der Waals surface area contributed by atoms with Gasteiger partial charge in [0.05, 0.1) is 10.2 Å². The average molecular weight is 404 g/mol. The van der Waals surface area contributed by atoms with E-state index < -0.39 is 0 Å². The van der Waals surface area contributed by atoms with Crippen LogP contribution in [-0.4, -0.2) is 22.7 Å². The smallest absolute Gasteiger partial charge is 0.265 e. The molecule has 0 saturated carbocycles. The van der Waals surface area contributed by atoms with Gasteiger partial charge < -0.3 is 9.26 Å². The maximum Gasteiger partial charge on any atom is 0.265 e. The Morgan fingerprint density at radius 3 is 2.92 bits per heavy atom. The van der Waals surface area contributed by atoms with Crippen LogP contribution in [0.1, 0.15) is 5.89 Å². The lowest BCUT2D eigenvalue weighted by Crippen LogP contribution is -2.38. The third-order valence-corrected chi connectivity index (χ3v) is 4.36. The summed E-state index contributed by atoms with van der Waals surface area (Å²) in [5, 5.41) is 3.91. The summed E-state index contributed by atoms with van der Waals surface area (Å²) in [4.78, 5) is 18.0. The molecule has 8 heteroatoms. The average Bonchev–Trinajstić information content (AvgIpc) is 3.08. The highest BCUT2D eigenvalue weighted by Gasteiger charge is 2.27. The number of carbonyl (C=O) groups excluding carboxylic acids is 1. The molecule has 126 valence electrons. The largest absolute Gasteiger partial charge is 0.482 e. The van der Waals surface area contributed by atoms with Crippen molar-refractivity contribution < 1.29 is 18.4 Å². The monoisotopic (exact) mass is 403 g/mol. The first-order valence-electron chi connectivity index (χ1n) is 7.42. The molecule has 1 aliphatic heterocycles. The van der Waals surface area contributed by atoms with Crippen molar-refractivity contribution in [2.24, 2.45) is 0 Å². The summed E-state index contributed by atoms with van der Waals surface area (Å²) in [6.45, 7) is 0.0947. The van der Waals surface area contributed by atoms with Gasteiger partial charge in [0.2, 0.25) is 11.7 Å². The zero-order valence-corrected chi connectivity index (χ0v) is 14.4. The van der Waals surface area contributed by atoms with Crippen LogP contribution in [0.25, 0.3) is 11.4 Å². The van der Waals surface area contributed by atoms with Gasteiger partial charge in [0.25, 0.3) is 5.91 Å². The number of hydrogen-bond acceptors (Lipinski definition) is 5. The number of nitrogens with zero attached hydrogens (tertiary/aromatic N) is 3. The first kappa shape index (κ1) is 15.8. The van der Waals surface area contributed by atoms with E-state index in [2.05, 4.69) is 26.1 Å². The van der Waals surface area contributed by atoms with Crippen LogP contribution in [0, 0.1) is 5.82 Å². The van der Waals surface area contributed by atoms with E-state index in [1.54, 1.807) is 24.3 Å². The van der Waals surface area contributed by atoms with Gasteiger partial charge in [-0.05, 0) is 46.3 Å². The normalized spacial score (nSPS) is 13.5. The molecule has 3 aromatic rings. The van der Waals surface area contributed by atoms with Crippen molar-refractivity contribution in [3.63, 3.8) is 0 Å². The number of para-hydroxylation sites is 2. The summed E-state index contributed by atoms with van der Waals surface area (Å²) < 4.78 is 24.3. The molecule has 0 radical (unpaired) electrons. The van der Waals surface area contributed by atoms with E-state index in [4.69, 9.17) is 9.26 Å². The zero-order chi connectivity index (χ0) is 17.4. The fourth-order valence-corrected chi connectivity index (χ4v) is 2.91. The van der Waals surface area contributed by atoms with Crippen LogP contribution in [0.5, 0.6) is 5.75 Å². The van der Waals surface area contributed by atoms with E-state index in [0.717, 1.165) is 0 Å². The predicted molar refractivity (Wildman–Crippen MR) is 90.5 cm³/mol. The van der Waals surface area contributed by atoms with Crippen LogP contribution in [0.4, 0.5) is 10.1 Å². The van der Waals surface area contributed by atoms with E-state index in [1.807, 2.05) is 12.1 Å². The molecule has 0 fully saturated rings. The highest BCUT2D eigenvalue weighted by molar-refractivity contribution is 9.10. The molecule has 0 N–H and O–H groups in total. The van der Waals surface area contributed by atoms with Gasteiger partial charge >= 0.3 is 0 Å². The SMILES string of the molecule is O=C1COc2ccccc2N1Cc1nc(-c2ccc(F)c(Br)c2)no1. The Hall–Kier alpha value is -2.74. The van der Waals surface area contributed by atoms with Crippen molar-refractivity contribution in [2.75, 3.05) is 11.5 Å². The zero-order valence-electron chi connectivity index (χ0n) is 12.8. The van der Waals surface area contributed by atoms with Gasteiger partial charge in [0, 0.05) is 5.56 Å². The van der Waals surface area contributed by atoms with Gasteiger partial charge in [-0.2, -0.15) is 4.98 Å². The second-order valence-corrected chi connectivity index (χ2v) is 6.23. The molecule has 6 nitrogen and oxygen atoms in total. The first-order chi connectivity index (χ1) is 12.1. The molecule has 0 spiro atoms. The molecule has 0 atom stereocenters. The first-order valence-corrected chi connectivity index (χ1v) is 8.21. The molecule has 4 rings (SSSR count). The number of fused-ring (bicyclic) bond motifs is 1. The molecule has 0 bridgehead atoms. The molecular formula is C17H11BrFN3O3. The quantitative estimate of drug-likeness (QED) is 0.668. The fraction of sp³-hybridized carbons (Fsp3) is 0.118. The number of hydrogen-bond donors (Lipinski definition) is 0. The fourth-order valence-electron chi connectivity index (χ4n) is 2.53. The lowest BCUT2D eigenvalue weighted by molar-refractivity contribution is -0.121. The maximum atomic E-state index is 13.3. The van der Waals surface area contributed by atoms with E-state index in [9.17, 15) is 9.18 Å². The molecule has 1 amide bonds. The third-order valence-electron chi connectivity index (χ3n) is 3.75. The molecule has 2 aromatic carbocycles. The lowest BCUT2D eigenvalue weighted by Gasteiger charge is -2.27. The summed E-state index contributed by atoms with van der Waals surface area (Å²) in [5.41, 5.74) is 1.26. The highest BCUT2D eigenvalue weighted by Crippen LogP contribution is 2.32. The number of carbonyl (C=O) groups is 1. The number of amides is 1. The number of halogens is 2. The minimum absolute atomic E-state index is 0.0388. The Morgan fingerprint density at radius 1 is 1.24 bits per heavy atom. The lowest BCUT2D eigenvalue weighted by atomic mass is 10.2. The minimum Gasteiger partial charge on any atom is -0.482 e. The Bertz CT molecular complexity index is 960. The topological polar surface area (TPSA) is 68.5 Å². The van der Waals surface area contributed by atoms with Crippen molar-refractivity contribution in [1.29, 1.82) is 0 Å². The summed E-state index contributed by atoms with van der Waals surface area (Å²) in [7, 11) is 0. The van der Waals surface area contributed by atoms with Gasteiger partial charge in [-0.3, -0.25) is 9.69 Å². The number of anilines is 1. The minimum atomic E-state index is -0.372. The Morgan fingerprint density at radius 2 is 2.08 bits per heavy atom. The van der Waals surface area contributed by atoms with Crippen LogP contribution < -0.4 is 9.64 Å². The summed E-state index contributed by atoms with van der Waals surface area (Å²) >= 11 is 3.13. The van der Waals surface area contributed by atoms with E-state index in [1.165, 1.54) is 11.0 Å². The van der Waals surface area contributed by atoms with Crippen molar-refractivity contribution in [3.8, 4) is 17.1 Å². The Kier molecular flexibility index (Phi) is 3.96. The highest BCUT2D eigenvalue weighted by atomic mass is 79.9. The molecule has 2 heterocycles. The molecule has 0 unspecified atom stereocenters. The summed E-state index contributed by atoms with van der Waals surface area (Å²) in [6.07, 6.45) is 0. The number of aromatic nitrogens is 2. The van der Waals surface area contributed by atoms with Crippen molar-refractivity contribution in [3.05, 3.63) is 58.6 Å². The maximum absolute atomic E-state index is 13.3. The van der Waals surface area contributed by atoms with Crippen molar-refractivity contribution >= 4 is 27.5 Å².